The van der Waals surface area contributed by atoms with Crippen LogP contribution in [-0.2, 0) is 10.0 Å². The van der Waals surface area contributed by atoms with Crippen LogP contribution in [0, 0.1) is 5.82 Å². The summed E-state index contributed by atoms with van der Waals surface area (Å²) in [5, 5.41) is 0.143. The molecule has 0 unspecified atom stereocenters. The number of hydrogen-bond donors (Lipinski definition) is 0. The van der Waals surface area contributed by atoms with Crippen LogP contribution in [-0.4, -0.2) is 55.5 Å². The van der Waals surface area contributed by atoms with Crippen molar-refractivity contribution in [2.24, 2.45) is 0 Å². The van der Waals surface area contributed by atoms with Gasteiger partial charge in [-0.15, -0.1) is 0 Å². The van der Waals surface area contributed by atoms with E-state index in [1.165, 1.54) is 45.6 Å². The highest BCUT2D eigenvalue weighted by Gasteiger charge is 2.32. The van der Waals surface area contributed by atoms with Gasteiger partial charge in [0.1, 0.15) is 10.7 Å². The number of carbonyl (C=O) groups is 2. The Hall–Kier alpha value is -3.07. The minimum atomic E-state index is -3.79. The molecule has 6 nitrogen and oxygen atoms in total. The number of sulfonamides is 1. The predicted octanol–water partition coefficient (Wildman–Crippen LogP) is 3.86. The Morgan fingerprint density at radius 1 is 0.788 bits per heavy atom. The molecule has 4 rings (SSSR count). The third kappa shape index (κ3) is 4.68. The minimum Gasteiger partial charge on any atom is -0.336 e. The van der Waals surface area contributed by atoms with Crippen LogP contribution in [0.3, 0.4) is 0 Å². The van der Waals surface area contributed by atoms with E-state index in [9.17, 15) is 22.4 Å². The molecule has 1 heterocycles. The lowest BCUT2D eigenvalue weighted by molar-refractivity contribution is 0.0694. The van der Waals surface area contributed by atoms with E-state index >= 15 is 0 Å². The first-order valence-corrected chi connectivity index (χ1v) is 12.0. The molecule has 0 aromatic heterocycles. The Balaban J connectivity index is 1.51. The van der Waals surface area contributed by atoms with Crippen molar-refractivity contribution in [1.82, 2.24) is 9.21 Å². The summed E-state index contributed by atoms with van der Waals surface area (Å²) in [6.07, 6.45) is 0. The van der Waals surface area contributed by atoms with Crippen LogP contribution in [0.25, 0.3) is 0 Å². The maximum atomic E-state index is 13.2. The molecule has 0 saturated carbocycles. The van der Waals surface area contributed by atoms with Crippen molar-refractivity contribution in [1.29, 1.82) is 0 Å². The fraction of sp³-hybridized carbons (Fsp3) is 0.167. The Kier molecular flexibility index (Phi) is 6.60. The predicted molar refractivity (Wildman–Crippen MR) is 122 cm³/mol. The monoisotopic (exact) mass is 486 g/mol. The molecule has 9 heteroatoms. The van der Waals surface area contributed by atoms with Gasteiger partial charge in [0.25, 0.3) is 5.91 Å². The average Bonchev–Trinajstić information content (AvgIpc) is 2.84. The molecule has 3 aromatic rings. The first-order chi connectivity index (χ1) is 15.8. The smallest absolute Gasteiger partial charge is 0.254 e. The number of nitrogens with zero attached hydrogens (tertiary/aromatic N) is 2. The second-order valence-electron chi connectivity index (χ2n) is 7.51. The molecule has 1 aliphatic rings. The summed E-state index contributed by atoms with van der Waals surface area (Å²) in [6.45, 7) is 0.546. The van der Waals surface area contributed by atoms with E-state index in [0.29, 0.717) is 0 Å². The Morgan fingerprint density at radius 3 is 2.00 bits per heavy atom. The third-order valence-electron chi connectivity index (χ3n) is 5.49. The van der Waals surface area contributed by atoms with Gasteiger partial charge in [0.15, 0.2) is 5.78 Å². The molecule has 0 N–H and O–H groups in total. The van der Waals surface area contributed by atoms with Crippen LogP contribution in [0.5, 0.6) is 0 Å². The van der Waals surface area contributed by atoms with Crippen LogP contribution in [0.15, 0.2) is 77.7 Å². The van der Waals surface area contributed by atoms with E-state index in [-0.39, 0.29) is 64.5 Å². The average molecular weight is 487 g/mol. The second-order valence-corrected chi connectivity index (χ2v) is 9.82. The molecule has 0 bridgehead atoms. The molecule has 170 valence electrons. The summed E-state index contributed by atoms with van der Waals surface area (Å²) in [4.78, 5) is 27.7. The van der Waals surface area contributed by atoms with Crippen molar-refractivity contribution >= 4 is 33.3 Å². The molecule has 0 radical (unpaired) electrons. The van der Waals surface area contributed by atoms with E-state index in [4.69, 9.17) is 11.6 Å². The molecule has 3 aromatic carbocycles. The molecule has 1 aliphatic heterocycles. The fourth-order valence-corrected chi connectivity index (χ4v) is 5.63. The summed E-state index contributed by atoms with van der Waals surface area (Å²) < 4.78 is 40.4. The SMILES string of the molecule is O=C(c1ccc(F)cc1)c1ccccc1C(=O)N1CCN(S(=O)(=O)c2ccccc2Cl)CC1. The van der Waals surface area contributed by atoms with Crippen LogP contribution in [0.1, 0.15) is 26.3 Å². The number of halogens is 2. The van der Waals surface area contributed by atoms with Gasteiger partial charge in [-0.3, -0.25) is 9.59 Å². The van der Waals surface area contributed by atoms with Crippen LogP contribution in [0.4, 0.5) is 4.39 Å². The van der Waals surface area contributed by atoms with Crippen LogP contribution in [0.2, 0.25) is 5.02 Å². The van der Waals surface area contributed by atoms with Gasteiger partial charge in [-0.05, 0) is 42.5 Å². The zero-order valence-electron chi connectivity index (χ0n) is 17.4. The number of benzene rings is 3. The highest BCUT2D eigenvalue weighted by Crippen LogP contribution is 2.25. The summed E-state index contributed by atoms with van der Waals surface area (Å²) >= 11 is 6.07. The minimum absolute atomic E-state index is 0.0293. The fourth-order valence-electron chi connectivity index (χ4n) is 3.72. The number of amides is 1. The van der Waals surface area contributed by atoms with Gasteiger partial charge < -0.3 is 4.90 Å². The lowest BCUT2D eigenvalue weighted by atomic mass is 9.97. The van der Waals surface area contributed by atoms with Gasteiger partial charge in [-0.2, -0.15) is 4.31 Å². The van der Waals surface area contributed by atoms with Gasteiger partial charge >= 0.3 is 0 Å². The summed E-state index contributed by atoms with van der Waals surface area (Å²) in [6, 6.07) is 17.8. The Morgan fingerprint density at radius 2 is 1.36 bits per heavy atom. The van der Waals surface area contributed by atoms with E-state index in [0.717, 1.165) is 0 Å². The zero-order valence-corrected chi connectivity index (χ0v) is 19.0. The summed E-state index contributed by atoms with van der Waals surface area (Å²) in [5.74, 6) is -1.21. The van der Waals surface area contributed by atoms with Crippen molar-refractivity contribution in [3.63, 3.8) is 0 Å². The van der Waals surface area contributed by atoms with Crippen molar-refractivity contribution in [2.45, 2.75) is 4.90 Å². The molecule has 1 amide bonds. The van der Waals surface area contributed by atoms with Crippen LogP contribution >= 0.6 is 11.6 Å². The van der Waals surface area contributed by atoms with Gasteiger partial charge in [-0.1, -0.05) is 41.9 Å². The van der Waals surface area contributed by atoms with E-state index in [2.05, 4.69) is 0 Å². The Bertz CT molecular complexity index is 1300. The number of rotatable bonds is 5. The van der Waals surface area contributed by atoms with Gasteiger partial charge in [0, 0.05) is 37.3 Å². The summed E-state index contributed by atoms with van der Waals surface area (Å²) in [7, 11) is -3.79. The molecule has 1 saturated heterocycles. The van der Waals surface area contributed by atoms with Crippen molar-refractivity contribution in [3.8, 4) is 0 Å². The topological polar surface area (TPSA) is 74.8 Å². The van der Waals surface area contributed by atoms with E-state index in [1.54, 1.807) is 36.4 Å². The third-order valence-corrected chi connectivity index (χ3v) is 7.89. The second kappa shape index (κ2) is 9.43. The molecule has 33 heavy (non-hydrogen) atoms. The lowest BCUT2D eigenvalue weighted by Crippen LogP contribution is -2.50. The lowest BCUT2D eigenvalue weighted by Gasteiger charge is -2.34. The van der Waals surface area contributed by atoms with Gasteiger partial charge in [0.2, 0.25) is 10.0 Å². The van der Waals surface area contributed by atoms with Crippen LogP contribution < -0.4 is 0 Å². The highest BCUT2D eigenvalue weighted by atomic mass is 35.5. The first kappa shape index (κ1) is 23.1. The molecule has 0 spiro atoms. The van der Waals surface area contributed by atoms with Crippen molar-refractivity contribution < 1.29 is 22.4 Å². The molecule has 0 atom stereocenters. The standard InChI is InChI=1S/C24H20ClFN2O4S/c25-21-7-3-4-8-22(21)33(31,32)28-15-13-27(14-16-28)24(30)20-6-2-1-5-19(20)23(29)17-9-11-18(26)12-10-17/h1-12H,13-16H2. The number of ketones is 1. The highest BCUT2D eigenvalue weighted by molar-refractivity contribution is 7.89. The van der Waals surface area contributed by atoms with Gasteiger partial charge in [0.05, 0.1) is 10.6 Å². The van der Waals surface area contributed by atoms with E-state index < -0.39 is 15.8 Å². The van der Waals surface area contributed by atoms with E-state index in [1.807, 2.05) is 0 Å². The zero-order chi connectivity index (χ0) is 23.6. The molecule has 1 fully saturated rings. The molecular weight excluding hydrogens is 467 g/mol. The first-order valence-electron chi connectivity index (χ1n) is 10.2. The maximum Gasteiger partial charge on any atom is 0.254 e. The molecular formula is C24H20ClFN2O4S. The van der Waals surface area contributed by atoms with Crippen molar-refractivity contribution in [2.75, 3.05) is 26.2 Å². The maximum absolute atomic E-state index is 13.2. The number of piperazine rings is 1. The quantitative estimate of drug-likeness (QED) is 0.513. The Labute approximate surface area is 196 Å². The largest absolute Gasteiger partial charge is 0.336 e. The normalized spacial score (nSPS) is 14.8. The van der Waals surface area contributed by atoms with Crippen molar-refractivity contribution in [3.05, 3.63) is 100 Å². The molecule has 0 aliphatic carbocycles. The summed E-state index contributed by atoms with van der Waals surface area (Å²) in [5.41, 5.74) is 0.696. The van der Waals surface area contributed by atoms with Gasteiger partial charge in [-0.25, -0.2) is 12.8 Å². The number of carbonyl (C=O) groups excluding carboxylic acids is 2. The number of hydrogen-bond acceptors (Lipinski definition) is 4.